The van der Waals surface area contributed by atoms with E-state index in [0.717, 1.165) is 0 Å². The highest BCUT2D eigenvalue weighted by atomic mass is 32.1. The average Bonchev–Trinajstić information content (AvgIpc) is 2.13. The lowest BCUT2D eigenvalue weighted by atomic mass is 10.3. The van der Waals surface area contributed by atoms with Crippen LogP contribution in [0.25, 0.3) is 0 Å². The first-order chi connectivity index (χ1) is 6.22. The first-order valence-corrected chi connectivity index (χ1v) is 4.40. The third-order valence-corrected chi connectivity index (χ3v) is 1.40. The number of rotatable bonds is 2. The molecule has 0 bridgehead atoms. The Labute approximate surface area is 88.1 Å². The van der Waals surface area contributed by atoms with Crippen LogP contribution in [-0.2, 0) is 0 Å². The fourth-order valence-electron chi connectivity index (χ4n) is 0.539. The lowest BCUT2D eigenvalue weighted by molar-refractivity contribution is 1.58. The highest BCUT2D eigenvalue weighted by molar-refractivity contribution is 7.80. The molecule has 0 amide bonds. The van der Waals surface area contributed by atoms with Crippen LogP contribution in [0.3, 0.4) is 0 Å². The maximum atomic E-state index is 5.39. The lowest BCUT2D eigenvalue weighted by Crippen LogP contribution is -2.01. The SMILES string of the molecule is Nc1ccccc1N.S=CNC=S. The van der Waals surface area contributed by atoms with E-state index >= 15 is 0 Å². The molecule has 0 unspecified atom stereocenters. The lowest BCUT2D eigenvalue weighted by Gasteiger charge is -1.94. The first-order valence-electron chi connectivity index (χ1n) is 3.45. The molecule has 0 heterocycles. The highest BCUT2D eigenvalue weighted by Crippen LogP contribution is 2.10. The van der Waals surface area contributed by atoms with Gasteiger partial charge in [-0.3, -0.25) is 0 Å². The summed E-state index contributed by atoms with van der Waals surface area (Å²) in [5, 5.41) is 2.49. The zero-order valence-corrected chi connectivity index (χ0v) is 8.57. The topological polar surface area (TPSA) is 64.1 Å². The van der Waals surface area contributed by atoms with Gasteiger partial charge in [0.2, 0.25) is 0 Å². The number of para-hydroxylation sites is 2. The minimum absolute atomic E-state index is 0.646. The molecule has 0 spiro atoms. The molecule has 70 valence electrons. The van der Waals surface area contributed by atoms with Gasteiger partial charge in [0.15, 0.2) is 0 Å². The molecule has 0 saturated heterocycles. The van der Waals surface area contributed by atoms with Gasteiger partial charge in [0.05, 0.1) is 22.4 Å². The van der Waals surface area contributed by atoms with E-state index in [1.54, 1.807) is 12.1 Å². The van der Waals surface area contributed by atoms with Crippen LogP contribution in [0.5, 0.6) is 0 Å². The minimum atomic E-state index is 0.646. The van der Waals surface area contributed by atoms with Crippen molar-refractivity contribution in [1.82, 2.24) is 5.32 Å². The van der Waals surface area contributed by atoms with Crippen LogP contribution >= 0.6 is 24.4 Å². The van der Waals surface area contributed by atoms with E-state index in [9.17, 15) is 0 Å². The number of hydrogen-bond acceptors (Lipinski definition) is 4. The van der Waals surface area contributed by atoms with E-state index in [2.05, 4.69) is 29.8 Å². The minimum Gasteiger partial charge on any atom is -0.397 e. The molecule has 0 saturated carbocycles. The number of anilines is 2. The quantitative estimate of drug-likeness (QED) is 0.511. The molecular weight excluding hydrogens is 202 g/mol. The first kappa shape index (κ1) is 11.8. The summed E-state index contributed by atoms with van der Waals surface area (Å²) >= 11 is 8.63. The molecule has 5 N–H and O–H groups in total. The largest absolute Gasteiger partial charge is 0.397 e. The summed E-state index contributed by atoms with van der Waals surface area (Å²) in [4.78, 5) is 0. The van der Waals surface area contributed by atoms with E-state index < -0.39 is 0 Å². The van der Waals surface area contributed by atoms with Crippen molar-refractivity contribution in [2.75, 3.05) is 11.5 Å². The summed E-state index contributed by atoms with van der Waals surface area (Å²) in [6.07, 6.45) is 0. The molecule has 0 aliphatic heterocycles. The number of nitrogens with two attached hydrogens (primary N) is 2. The summed E-state index contributed by atoms with van der Waals surface area (Å²) in [6.45, 7) is 0. The molecule has 5 heteroatoms. The van der Waals surface area contributed by atoms with Crippen molar-refractivity contribution in [3.63, 3.8) is 0 Å². The van der Waals surface area contributed by atoms with Crippen LogP contribution in [0.1, 0.15) is 0 Å². The molecule has 1 rings (SSSR count). The fourth-order valence-corrected chi connectivity index (χ4v) is 0.761. The van der Waals surface area contributed by atoms with Crippen molar-refractivity contribution in [2.45, 2.75) is 0 Å². The Balaban J connectivity index is 0.000000252. The summed E-state index contributed by atoms with van der Waals surface area (Å²) in [6, 6.07) is 7.25. The van der Waals surface area contributed by atoms with Crippen molar-refractivity contribution in [2.24, 2.45) is 0 Å². The standard InChI is InChI=1S/C6H8N2.C2H3NS2/c7-5-3-1-2-4-6(5)8;4-1-3-2-5/h1-4H,7-8H2;1-2H,(H,3,4,5). The predicted molar refractivity (Wildman–Crippen MR) is 65.7 cm³/mol. The summed E-state index contributed by atoms with van der Waals surface area (Å²) < 4.78 is 0. The van der Waals surface area contributed by atoms with Gasteiger partial charge in [-0.1, -0.05) is 36.6 Å². The van der Waals surface area contributed by atoms with Crippen molar-refractivity contribution < 1.29 is 0 Å². The molecule has 0 aliphatic rings. The molecular formula is C8H11N3S2. The van der Waals surface area contributed by atoms with E-state index in [4.69, 9.17) is 11.5 Å². The zero-order valence-electron chi connectivity index (χ0n) is 6.94. The maximum Gasteiger partial charge on any atom is 0.0660 e. The highest BCUT2D eigenvalue weighted by Gasteiger charge is 1.85. The van der Waals surface area contributed by atoms with Crippen LogP contribution in [0.2, 0.25) is 0 Å². The molecule has 0 radical (unpaired) electrons. The van der Waals surface area contributed by atoms with Gasteiger partial charge < -0.3 is 16.8 Å². The predicted octanol–water partition coefficient (Wildman–Crippen LogP) is 1.34. The molecule has 0 atom stereocenters. The summed E-state index contributed by atoms with van der Waals surface area (Å²) in [5.41, 5.74) is 14.8. The monoisotopic (exact) mass is 213 g/mol. The molecule has 1 aromatic carbocycles. The van der Waals surface area contributed by atoms with Gasteiger partial charge in [-0.05, 0) is 12.1 Å². The van der Waals surface area contributed by atoms with Gasteiger partial charge >= 0.3 is 0 Å². The third kappa shape index (κ3) is 6.01. The number of nitrogen functional groups attached to an aromatic ring is 2. The Bertz CT molecular complexity index is 249. The number of nitrogens with one attached hydrogen (secondary N) is 1. The van der Waals surface area contributed by atoms with Gasteiger partial charge in [0.25, 0.3) is 0 Å². The Kier molecular flexibility index (Phi) is 6.76. The second-order valence-corrected chi connectivity index (χ2v) is 2.50. The summed E-state index contributed by atoms with van der Waals surface area (Å²) in [5.74, 6) is 0. The van der Waals surface area contributed by atoms with Crippen LogP contribution in [-0.4, -0.2) is 11.0 Å². The number of hydrogen-bond donors (Lipinski definition) is 3. The van der Waals surface area contributed by atoms with E-state index in [1.807, 2.05) is 12.1 Å². The molecule has 3 nitrogen and oxygen atoms in total. The normalized spacial score (nSPS) is 7.69. The van der Waals surface area contributed by atoms with Gasteiger partial charge in [-0.2, -0.15) is 0 Å². The number of thiocarbonyl (C=S) groups is 2. The van der Waals surface area contributed by atoms with E-state index in [-0.39, 0.29) is 0 Å². The van der Waals surface area contributed by atoms with Crippen molar-refractivity contribution in [3.8, 4) is 0 Å². The van der Waals surface area contributed by atoms with Crippen LogP contribution in [0.15, 0.2) is 24.3 Å². The second kappa shape index (κ2) is 7.45. The Morgan fingerprint density at radius 2 is 1.38 bits per heavy atom. The third-order valence-electron chi connectivity index (χ3n) is 1.13. The second-order valence-electron chi connectivity index (χ2n) is 2.03. The molecule has 0 fully saturated rings. The van der Waals surface area contributed by atoms with Crippen LogP contribution in [0, 0.1) is 0 Å². The van der Waals surface area contributed by atoms with Crippen molar-refractivity contribution in [3.05, 3.63) is 24.3 Å². The molecule has 13 heavy (non-hydrogen) atoms. The molecule has 0 aromatic heterocycles. The summed E-state index contributed by atoms with van der Waals surface area (Å²) in [7, 11) is 0. The van der Waals surface area contributed by atoms with Gasteiger partial charge in [0, 0.05) is 0 Å². The van der Waals surface area contributed by atoms with Gasteiger partial charge in [-0.15, -0.1) is 0 Å². The van der Waals surface area contributed by atoms with Crippen molar-refractivity contribution >= 4 is 46.8 Å². The Hall–Kier alpha value is -1.20. The zero-order chi connectivity index (χ0) is 10.1. The Morgan fingerprint density at radius 1 is 1.00 bits per heavy atom. The smallest absolute Gasteiger partial charge is 0.0660 e. The molecule has 0 aliphatic carbocycles. The van der Waals surface area contributed by atoms with Gasteiger partial charge in [-0.25, -0.2) is 0 Å². The van der Waals surface area contributed by atoms with E-state index in [0.29, 0.717) is 11.4 Å². The number of benzene rings is 1. The van der Waals surface area contributed by atoms with Crippen molar-refractivity contribution in [1.29, 1.82) is 0 Å². The Morgan fingerprint density at radius 3 is 1.54 bits per heavy atom. The fraction of sp³-hybridized carbons (Fsp3) is 0. The van der Waals surface area contributed by atoms with E-state index in [1.165, 1.54) is 11.0 Å². The van der Waals surface area contributed by atoms with Crippen LogP contribution in [0.4, 0.5) is 11.4 Å². The van der Waals surface area contributed by atoms with Crippen LogP contribution < -0.4 is 16.8 Å². The molecule has 1 aromatic rings. The average molecular weight is 213 g/mol. The van der Waals surface area contributed by atoms with Gasteiger partial charge in [0.1, 0.15) is 0 Å². The maximum absolute atomic E-state index is 5.39.